The predicted molar refractivity (Wildman–Crippen MR) is 137 cm³/mol. The van der Waals surface area contributed by atoms with Gasteiger partial charge in [0.1, 0.15) is 0 Å². The number of fused-ring (bicyclic) bond motifs is 1. The summed E-state index contributed by atoms with van der Waals surface area (Å²) in [6, 6.07) is 14.3. The van der Waals surface area contributed by atoms with Gasteiger partial charge in [0.2, 0.25) is 0 Å². The minimum Gasteiger partial charge on any atom is -0.294 e. The predicted octanol–water partition coefficient (Wildman–Crippen LogP) is 10.1. The first-order valence-corrected chi connectivity index (χ1v) is 13.3. The van der Waals surface area contributed by atoms with Crippen molar-refractivity contribution < 1.29 is 4.79 Å². The van der Waals surface area contributed by atoms with E-state index in [1.807, 2.05) is 24.3 Å². The van der Waals surface area contributed by atoms with Crippen LogP contribution in [0.3, 0.4) is 0 Å². The molecule has 172 valence electrons. The van der Waals surface area contributed by atoms with Crippen LogP contribution in [0.4, 0.5) is 0 Å². The number of hydrogen-bond acceptors (Lipinski definition) is 1. The fourth-order valence-corrected chi connectivity index (χ4v) is 4.61. The summed E-state index contributed by atoms with van der Waals surface area (Å²) < 4.78 is 0. The number of carbonyl (C=O) groups excluding carboxylic acids is 1. The molecule has 0 radical (unpaired) electrons. The Hall–Kier alpha value is -1.63. The molecule has 0 bridgehead atoms. The fraction of sp³-hybridized carbons (Fsp3) is 0.633. The summed E-state index contributed by atoms with van der Waals surface area (Å²) in [5, 5.41) is 2.26. The van der Waals surface area contributed by atoms with E-state index in [2.05, 4.69) is 25.1 Å². The molecule has 31 heavy (non-hydrogen) atoms. The summed E-state index contributed by atoms with van der Waals surface area (Å²) in [6.07, 6.45) is 24.0. The van der Waals surface area contributed by atoms with Gasteiger partial charge in [-0.2, -0.15) is 0 Å². The van der Waals surface area contributed by atoms with E-state index in [0.29, 0.717) is 12.2 Å². The quantitative estimate of drug-likeness (QED) is 0.162. The van der Waals surface area contributed by atoms with Crippen molar-refractivity contribution in [1.82, 2.24) is 0 Å². The molecular weight excluding hydrogens is 376 g/mol. The molecule has 0 saturated heterocycles. The van der Waals surface area contributed by atoms with Crippen molar-refractivity contribution in [2.24, 2.45) is 0 Å². The topological polar surface area (TPSA) is 17.1 Å². The lowest BCUT2D eigenvalue weighted by atomic mass is 9.98. The maximum atomic E-state index is 12.6. The smallest absolute Gasteiger partial charge is 0.163 e. The summed E-state index contributed by atoms with van der Waals surface area (Å²) in [5.41, 5.74) is 0.898. The first-order chi connectivity index (χ1) is 15.3. The zero-order valence-corrected chi connectivity index (χ0v) is 20.2. The average molecular weight is 423 g/mol. The Balaban J connectivity index is 1.39. The number of carbonyl (C=O) groups is 1. The minimum absolute atomic E-state index is 0.303. The molecule has 0 spiro atoms. The van der Waals surface area contributed by atoms with E-state index in [4.69, 9.17) is 0 Å². The Morgan fingerprint density at radius 1 is 0.548 bits per heavy atom. The Morgan fingerprint density at radius 2 is 1.00 bits per heavy atom. The van der Waals surface area contributed by atoms with Gasteiger partial charge in [-0.1, -0.05) is 152 Å². The highest BCUT2D eigenvalue weighted by molar-refractivity contribution is 6.08. The zero-order chi connectivity index (χ0) is 22.0. The van der Waals surface area contributed by atoms with Crippen molar-refractivity contribution in [3.8, 4) is 0 Å². The van der Waals surface area contributed by atoms with Gasteiger partial charge in [0.25, 0.3) is 0 Å². The van der Waals surface area contributed by atoms with Crippen molar-refractivity contribution in [3.63, 3.8) is 0 Å². The first kappa shape index (κ1) is 25.6. The third-order valence-electron chi connectivity index (χ3n) is 6.60. The van der Waals surface area contributed by atoms with Crippen LogP contribution < -0.4 is 0 Å². The van der Waals surface area contributed by atoms with Crippen molar-refractivity contribution in [1.29, 1.82) is 0 Å². The van der Waals surface area contributed by atoms with Crippen LogP contribution in [-0.4, -0.2) is 5.78 Å². The maximum Gasteiger partial charge on any atom is 0.163 e. The molecule has 0 saturated carbocycles. The first-order valence-electron chi connectivity index (χ1n) is 13.3. The van der Waals surface area contributed by atoms with E-state index in [1.165, 1.54) is 103 Å². The van der Waals surface area contributed by atoms with E-state index in [9.17, 15) is 4.79 Å². The van der Waals surface area contributed by atoms with E-state index >= 15 is 0 Å². The average Bonchev–Trinajstić information content (AvgIpc) is 2.80. The summed E-state index contributed by atoms with van der Waals surface area (Å²) in [6.45, 7) is 2.29. The van der Waals surface area contributed by atoms with Crippen molar-refractivity contribution >= 4 is 16.6 Å². The van der Waals surface area contributed by atoms with E-state index in [-0.39, 0.29) is 0 Å². The largest absolute Gasteiger partial charge is 0.294 e. The van der Waals surface area contributed by atoms with Crippen molar-refractivity contribution in [2.45, 2.75) is 122 Å². The molecule has 2 rings (SSSR count). The van der Waals surface area contributed by atoms with Crippen LogP contribution in [0.15, 0.2) is 42.5 Å². The van der Waals surface area contributed by atoms with Gasteiger partial charge in [0, 0.05) is 12.0 Å². The summed E-state index contributed by atoms with van der Waals surface area (Å²) in [4.78, 5) is 12.6. The van der Waals surface area contributed by atoms with E-state index < -0.39 is 0 Å². The second kappa shape index (κ2) is 17.0. The number of unbranched alkanes of at least 4 members (excludes halogenated alkanes) is 16. The van der Waals surface area contributed by atoms with Crippen LogP contribution >= 0.6 is 0 Å². The number of hydrogen-bond donors (Lipinski definition) is 0. The number of rotatable bonds is 19. The lowest BCUT2D eigenvalue weighted by Crippen LogP contribution is -2.00. The molecule has 0 aliphatic carbocycles. The standard InChI is InChI=1S/C30H46O/c1-2-3-4-5-6-7-8-9-10-11-12-13-14-15-16-17-18-26-30(31)29-25-21-23-27-22-19-20-24-28(27)29/h19-25H,2-18,26H2,1H3. The lowest BCUT2D eigenvalue weighted by Gasteiger charge is -2.06. The lowest BCUT2D eigenvalue weighted by molar-refractivity contribution is 0.0980. The third-order valence-corrected chi connectivity index (χ3v) is 6.60. The fourth-order valence-electron chi connectivity index (χ4n) is 4.61. The van der Waals surface area contributed by atoms with E-state index in [1.54, 1.807) is 0 Å². The molecule has 1 heteroatoms. The van der Waals surface area contributed by atoms with Gasteiger partial charge < -0.3 is 0 Å². The van der Waals surface area contributed by atoms with Gasteiger partial charge in [-0.15, -0.1) is 0 Å². The van der Waals surface area contributed by atoms with Crippen molar-refractivity contribution in [3.05, 3.63) is 48.0 Å². The van der Waals surface area contributed by atoms with Crippen LogP contribution in [0.5, 0.6) is 0 Å². The molecule has 0 atom stereocenters. The molecule has 0 aromatic heterocycles. The van der Waals surface area contributed by atoms with Gasteiger partial charge in [-0.05, 0) is 17.2 Å². The minimum atomic E-state index is 0.303. The monoisotopic (exact) mass is 422 g/mol. The molecule has 2 aromatic carbocycles. The van der Waals surface area contributed by atoms with Gasteiger partial charge >= 0.3 is 0 Å². The highest BCUT2D eigenvalue weighted by Gasteiger charge is 2.09. The Morgan fingerprint density at radius 3 is 1.55 bits per heavy atom. The van der Waals surface area contributed by atoms with Gasteiger partial charge in [-0.3, -0.25) is 4.79 Å². The molecule has 1 nitrogen and oxygen atoms in total. The molecule has 0 unspecified atom stereocenters. The second-order valence-electron chi connectivity index (χ2n) is 9.36. The molecule has 2 aromatic rings. The van der Waals surface area contributed by atoms with Crippen LogP contribution in [-0.2, 0) is 0 Å². The molecule has 0 aliphatic rings. The Kier molecular flexibility index (Phi) is 14.0. The van der Waals surface area contributed by atoms with Gasteiger partial charge in [0.05, 0.1) is 0 Å². The zero-order valence-electron chi connectivity index (χ0n) is 20.2. The van der Waals surface area contributed by atoms with Crippen molar-refractivity contribution in [2.75, 3.05) is 0 Å². The summed E-state index contributed by atoms with van der Waals surface area (Å²) >= 11 is 0. The molecular formula is C30H46O. The number of ketones is 1. The number of Topliss-reactive ketones (excluding diaryl/α,β-unsaturated/α-hetero) is 1. The van der Waals surface area contributed by atoms with Gasteiger partial charge in [0.15, 0.2) is 5.78 Å². The second-order valence-corrected chi connectivity index (χ2v) is 9.36. The third kappa shape index (κ3) is 11.0. The molecule has 0 heterocycles. The van der Waals surface area contributed by atoms with Gasteiger partial charge in [-0.25, -0.2) is 0 Å². The summed E-state index contributed by atoms with van der Waals surface area (Å²) in [5.74, 6) is 0.303. The SMILES string of the molecule is CCCCCCCCCCCCCCCCCCCC(=O)c1cccc2ccccc12. The highest BCUT2D eigenvalue weighted by atomic mass is 16.1. The van der Waals surface area contributed by atoms with Crippen LogP contribution in [0, 0.1) is 0 Å². The highest BCUT2D eigenvalue weighted by Crippen LogP contribution is 2.21. The number of benzene rings is 2. The maximum absolute atomic E-state index is 12.6. The van der Waals surface area contributed by atoms with Crippen LogP contribution in [0.25, 0.3) is 10.8 Å². The Labute approximate surface area is 192 Å². The van der Waals surface area contributed by atoms with Crippen LogP contribution in [0.1, 0.15) is 133 Å². The normalized spacial score (nSPS) is 11.3. The molecule has 0 fully saturated rings. The van der Waals surface area contributed by atoms with E-state index in [0.717, 1.165) is 22.8 Å². The summed E-state index contributed by atoms with van der Waals surface area (Å²) in [7, 11) is 0. The Bertz CT molecular complexity index is 712. The molecule has 0 N–H and O–H groups in total. The molecule has 0 aliphatic heterocycles. The molecule has 0 amide bonds. The van der Waals surface area contributed by atoms with Crippen LogP contribution in [0.2, 0.25) is 0 Å².